The van der Waals surface area contributed by atoms with Crippen LogP contribution in [0.2, 0.25) is 0 Å². The van der Waals surface area contributed by atoms with Crippen LogP contribution in [0.25, 0.3) is 0 Å². The molecule has 1 aromatic rings. The van der Waals surface area contributed by atoms with Crippen LogP contribution in [0.5, 0.6) is 0 Å². The summed E-state index contributed by atoms with van der Waals surface area (Å²) in [7, 11) is 0. The summed E-state index contributed by atoms with van der Waals surface area (Å²) in [6.45, 7) is 2.84. The van der Waals surface area contributed by atoms with Gasteiger partial charge in [-0.3, -0.25) is 4.79 Å². The Labute approximate surface area is 97.4 Å². The number of carboxylic acids is 1. The van der Waals surface area contributed by atoms with Gasteiger partial charge in [-0.2, -0.15) is 0 Å². The highest BCUT2D eigenvalue weighted by Gasteiger charge is 2.24. The van der Waals surface area contributed by atoms with E-state index in [1.165, 1.54) is 0 Å². The fourth-order valence-electron chi connectivity index (χ4n) is 1.42. The fourth-order valence-corrected chi connectivity index (χ4v) is 1.42. The van der Waals surface area contributed by atoms with Crippen molar-refractivity contribution < 1.29 is 24.3 Å². The van der Waals surface area contributed by atoms with Gasteiger partial charge in [-0.05, 0) is 13.8 Å². The van der Waals surface area contributed by atoms with E-state index >= 15 is 0 Å². The fraction of sp³-hybridized carbons (Fsp3) is 0.500. The molecule has 0 aliphatic rings. The average molecular weight is 242 g/mol. The number of hydrogen-bond donors (Lipinski definition) is 3. The number of nitrogens with zero attached hydrogens (tertiary/aromatic N) is 1. The van der Waals surface area contributed by atoms with E-state index in [-0.39, 0.29) is 18.6 Å². The summed E-state index contributed by atoms with van der Waals surface area (Å²) in [4.78, 5) is 22.6. The first-order valence-electron chi connectivity index (χ1n) is 5.04. The van der Waals surface area contributed by atoms with Gasteiger partial charge in [-0.1, -0.05) is 5.16 Å². The zero-order chi connectivity index (χ0) is 13.0. The number of rotatable bonds is 5. The van der Waals surface area contributed by atoms with E-state index in [4.69, 9.17) is 14.7 Å². The number of aliphatic hydroxyl groups is 1. The highest BCUT2D eigenvalue weighted by molar-refractivity contribution is 5.98. The van der Waals surface area contributed by atoms with Crippen LogP contribution in [0.4, 0.5) is 0 Å². The predicted octanol–water partition coefficient (Wildman–Crippen LogP) is -0.143. The van der Waals surface area contributed by atoms with Crippen molar-refractivity contribution in [1.29, 1.82) is 0 Å². The smallest absolute Gasteiger partial charge is 0.326 e. The lowest BCUT2D eigenvalue weighted by molar-refractivity contribution is -0.139. The molecule has 1 atom stereocenters. The summed E-state index contributed by atoms with van der Waals surface area (Å²) in [5, 5.41) is 23.4. The largest absolute Gasteiger partial charge is 0.480 e. The Morgan fingerprint density at radius 2 is 2.12 bits per heavy atom. The molecule has 94 valence electrons. The van der Waals surface area contributed by atoms with Crippen molar-refractivity contribution in [2.75, 3.05) is 6.61 Å². The Balaban J connectivity index is 2.81. The summed E-state index contributed by atoms with van der Waals surface area (Å²) < 4.78 is 4.81. The molecule has 0 radical (unpaired) electrons. The van der Waals surface area contributed by atoms with Crippen molar-refractivity contribution in [3.8, 4) is 0 Å². The van der Waals surface area contributed by atoms with E-state index in [0.717, 1.165) is 0 Å². The van der Waals surface area contributed by atoms with Crippen LogP contribution in [0.1, 0.15) is 28.2 Å². The van der Waals surface area contributed by atoms with Crippen molar-refractivity contribution in [2.45, 2.75) is 26.3 Å². The number of nitrogens with one attached hydrogen (secondary N) is 1. The molecule has 1 aromatic heterocycles. The van der Waals surface area contributed by atoms with Crippen molar-refractivity contribution >= 4 is 11.9 Å². The molecule has 0 spiro atoms. The maximum Gasteiger partial charge on any atom is 0.326 e. The number of aryl methyl sites for hydroxylation is 2. The van der Waals surface area contributed by atoms with Crippen LogP contribution in [0.3, 0.4) is 0 Å². The third-order valence-corrected chi connectivity index (χ3v) is 2.28. The molecule has 0 aliphatic carbocycles. The normalized spacial score (nSPS) is 12.2. The summed E-state index contributed by atoms with van der Waals surface area (Å²) >= 11 is 0. The first-order valence-corrected chi connectivity index (χ1v) is 5.04. The maximum absolute atomic E-state index is 11.8. The molecule has 0 aliphatic heterocycles. The molecule has 0 saturated carbocycles. The van der Waals surface area contributed by atoms with Crippen LogP contribution < -0.4 is 5.32 Å². The number of aliphatic carboxylic acids is 1. The van der Waals surface area contributed by atoms with E-state index in [0.29, 0.717) is 11.5 Å². The number of aliphatic hydroxyl groups excluding tert-OH is 1. The summed E-state index contributed by atoms with van der Waals surface area (Å²) in [5.74, 6) is -1.44. The molecular formula is C10H14N2O5. The topological polar surface area (TPSA) is 113 Å². The lowest BCUT2D eigenvalue weighted by Crippen LogP contribution is -2.41. The summed E-state index contributed by atoms with van der Waals surface area (Å²) in [5.41, 5.74) is 0.627. The first-order chi connectivity index (χ1) is 7.97. The quantitative estimate of drug-likeness (QED) is 0.662. The second kappa shape index (κ2) is 5.44. The van der Waals surface area contributed by atoms with Gasteiger partial charge in [-0.15, -0.1) is 0 Å². The van der Waals surface area contributed by atoms with Crippen LogP contribution in [-0.2, 0) is 4.79 Å². The molecule has 0 bridgehead atoms. The van der Waals surface area contributed by atoms with E-state index in [2.05, 4.69) is 10.5 Å². The Kier molecular flexibility index (Phi) is 4.22. The zero-order valence-electron chi connectivity index (χ0n) is 9.56. The minimum Gasteiger partial charge on any atom is -0.480 e. The lowest BCUT2D eigenvalue weighted by Gasteiger charge is -2.12. The highest BCUT2D eigenvalue weighted by atomic mass is 16.5. The van der Waals surface area contributed by atoms with Crippen molar-refractivity contribution in [3.63, 3.8) is 0 Å². The van der Waals surface area contributed by atoms with E-state index < -0.39 is 17.9 Å². The van der Waals surface area contributed by atoms with Gasteiger partial charge in [0.15, 0.2) is 0 Å². The number of hydrogen-bond acceptors (Lipinski definition) is 5. The molecule has 0 unspecified atom stereocenters. The monoisotopic (exact) mass is 242 g/mol. The number of amides is 1. The maximum atomic E-state index is 11.8. The minimum atomic E-state index is -1.20. The molecule has 1 amide bonds. The molecular weight excluding hydrogens is 228 g/mol. The van der Waals surface area contributed by atoms with Gasteiger partial charge in [0.1, 0.15) is 17.4 Å². The van der Waals surface area contributed by atoms with Crippen LogP contribution >= 0.6 is 0 Å². The van der Waals surface area contributed by atoms with E-state index in [9.17, 15) is 9.59 Å². The van der Waals surface area contributed by atoms with Gasteiger partial charge < -0.3 is 20.1 Å². The molecule has 0 aromatic carbocycles. The minimum absolute atomic E-state index is 0.0511. The first kappa shape index (κ1) is 13.2. The lowest BCUT2D eigenvalue weighted by atomic mass is 10.1. The number of carbonyl (C=O) groups is 2. The number of carbonyl (C=O) groups excluding carboxylic acids is 1. The molecule has 3 N–H and O–H groups in total. The van der Waals surface area contributed by atoms with Gasteiger partial charge in [0.2, 0.25) is 0 Å². The highest BCUT2D eigenvalue weighted by Crippen LogP contribution is 2.12. The molecule has 1 heterocycles. The van der Waals surface area contributed by atoms with Gasteiger partial charge in [0.05, 0.1) is 5.69 Å². The summed E-state index contributed by atoms with van der Waals surface area (Å²) in [6.07, 6.45) is -0.0511. The molecule has 1 rings (SSSR count). The van der Waals surface area contributed by atoms with Crippen LogP contribution in [0, 0.1) is 13.8 Å². The van der Waals surface area contributed by atoms with Crippen LogP contribution in [-0.4, -0.2) is 39.9 Å². The average Bonchev–Trinajstić information content (AvgIpc) is 2.57. The zero-order valence-corrected chi connectivity index (χ0v) is 9.56. The Morgan fingerprint density at radius 3 is 2.53 bits per heavy atom. The van der Waals surface area contributed by atoms with E-state index in [1.807, 2.05) is 0 Å². The van der Waals surface area contributed by atoms with Crippen molar-refractivity contribution in [3.05, 3.63) is 17.0 Å². The van der Waals surface area contributed by atoms with Crippen molar-refractivity contribution in [2.24, 2.45) is 0 Å². The van der Waals surface area contributed by atoms with Crippen molar-refractivity contribution in [1.82, 2.24) is 10.5 Å². The third kappa shape index (κ3) is 3.04. The molecule has 0 saturated heterocycles. The number of aromatic nitrogens is 1. The third-order valence-electron chi connectivity index (χ3n) is 2.28. The second-order valence-electron chi connectivity index (χ2n) is 3.58. The van der Waals surface area contributed by atoms with Gasteiger partial charge in [0.25, 0.3) is 5.91 Å². The second-order valence-corrected chi connectivity index (χ2v) is 3.58. The van der Waals surface area contributed by atoms with Gasteiger partial charge in [-0.25, -0.2) is 4.79 Å². The Morgan fingerprint density at radius 1 is 1.47 bits per heavy atom. The standard InChI is InChI=1S/C10H14N2O5/c1-5-8(6(2)17-12-5)9(14)11-7(3-4-13)10(15)16/h7,13H,3-4H2,1-2H3,(H,11,14)(H,15,16)/t7-/m0/s1. The molecule has 7 heteroatoms. The predicted molar refractivity (Wildman–Crippen MR) is 56.6 cm³/mol. The number of carboxylic acid groups (broad SMARTS) is 1. The van der Waals surface area contributed by atoms with Crippen LogP contribution in [0.15, 0.2) is 4.52 Å². The Hall–Kier alpha value is -1.89. The Bertz CT molecular complexity index is 407. The molecule has 17 heavy (non-hydrogen) atoms. The van der Waals surface area contributed by atoms with E-state index in [1.54, 1.807) is 13.8 Å². The van der Waals surface area contributed by atoms with Gasteiger partial charge >= 0.3 is 5.97 Å². The van der Waals surface area contributed by atoms with Gasteiger partial charge in [0, 0.05) is 13.0 Å². The summed E-state index contributed by atoms with van der Waals surface area (Å²) in [6, 6.07) is -1.12. The molecule has 0 fully saturated rings. The molecule has 7 nitrogen and oxygen atoms in total. The SMILES string of the molecule is Cc1noc(C)c1C(=O)N[C@@H](CCO)C(=O)O.